The minimum absolute atomic E-state index is 0.116. The number of carboxylic acids is 1. The molecule has 2 fully saturated rings. The van der Waals surface area contributed by atoms with Gasteiger partial charge in [-0.05, 0) is 57.2 Å². The first kappa shape index (κ1) is 18.0. The van der Waals surface area contributed by atoms with Gasteiger partial charge in [0, 0.05) is 19.6 Å². The zero-order valence-electron chi connectivity index (χ0n) is 14.5. The van der Waals surface area contributed by atoms with Crippen molar-refractivity contribution < 1.29 is 14.7 Å². The second kappa shape index (κ2) is 8.52. The van der Waals surface area contributed by atoms with E-state index in [-0.39, 0.29) is 11.9 Å². The number of hydrogen-bond acceptors (Lipinski definition) is 3. The maximum Gasteiger partial charge on any atom is 0.317 e. The number of carboxylic acid groups (broad SMARTS) is 1. The topological polar surface area (TPSA) is 72.9 Å². The molecule has 0 saturated carbocycles. The van der Waals surface area contributed by atoms with Crippen LogP contribution in [0.3, 0.4) is 0 Å². The first-order valence-electron chi connectivity index (χ1n) is 8.93. The molecule has 0 spiro atoms. The van der Waals surface area contributed by atoms with Crippen molar-refractivity contribution in [1.82, 2.24) is 15.1 Å². The van der Waals surface area contributed by atoms with E-state index in [0.717, 1.165) is 18.9 Å². The normalized spacial score (nSPS) is 27.0. The van der Waals surface area contributed by atoms with Crippen LogP contribution in [0.25, 0.3) is 0 Å². The van der Waals surface area contributed by atoms with Gasteiger partial charge >= 0.3 is 12.0 Å². The van der Waals surface area contributed by atoms with Crippen LogP contribution in [0.2, 0.25) is 0 Å². The standard InChI is InChI=1S/C17H31N3O3/c1-13-4-8-19(9-5-13)7-3-6-18-17(23)20-11-14(2)10-15(12-20)16(21)22/h13-15H,3-12H2,1-2H3,(H,18,23)(H,21,22). The van der Waals surface area contributed by atoms with E-state index in [0.29, 0.717) is 26.1 Å². The average molecular weight is 325 g/mol. The Balaban J connectivity index is 1.65. The summed E-state index contributed by atoms with van der Waals surface area (Å²) in [6, 6.07) is -0.116. The van der Waals surface area contributed by atoms with E-state index in [4.69, 9.17) is 5.11 Å². The Kier molecular flexibility index (Phi) is 6.69. The number of aliphatic carboxylic acids is 1. The van der Waals surface area contributed by atoms with Crippen molar-refractivity contribution >= 4 is 12.0 Å². The number of piperidine rings is 2. The van der Waals surface area contributed by atoms with Crippen molar-refractivity contribution in [3.63, 3.8) is 0 Å². The minimum atomic E-state index is -0.798. The molecule has 2 aliphatic rings. The Labute approximate surface area is 139 Å². The molecule has 23 heavy (non-hydrogen) atoms. The lowest BCUT2D eigenvalue weighted by atomic mass is 9.91. The highest BCUT2D eigenvalue weighted by Crippen LogP contribution is 2.21. The summed E-state index contributed by atoms with van der Waals surface area (Å²) in [4.78, 5) is 27.5. The summed E-state index contributed by atoms with van der Waals surface area (Å²) in [5, 5.41) is 12.1. The van der Waals surface area contributed by atoms with Crippen LogP contribution in [-0.2, 0) is 4.79 Å². The van der Waals surface area contributed by atoms with E-state index in [2.05, 4.69) is 17.1 Å². The van der Waals surface area contributed by atoms with E-state index >= 15 is 0 Å². The Morgan fingerprint density at radius 1 is 1.13 bits per heavy atom. The Bertz CT molecular complexity index is 408. The third-order valence-electron chi connectivity index (χ3n) is 5.10. The molecule has 2 N–H and O–H groups in total. The number of likely N-dealkylation sites (tertiary alicyclic amines) is 2. The van der Waals surface area contributed by atoms with E-state index in [1.807, 2.05) is 6.92 Å². The maximum absolute atomic E-state index is 12.2. The van der Waals surface area contributed by atoms with Crippen LogP contribution in [-0.4, -0.2) is 66.2 Å². The fourth-order valence-electron chi connectivity index (χ4n) is 3.59. The van der Waals surface area contributed by atoms with Crippen molar-refractivity contribution in [2.45, 2.75) is 39.5 Å². The monoisotopic (exact) mass is 325 g/mol. The largest absolute Gasteiger partial charge is 0.481 e. The van der Waals surface area contributed by atoms with Gasteiger partial charge in [0.05, 0.1) is 5.92 Å². The lowest BCUT2D eigenvalue weighted by molar-refractivity contribution is -0.143. The highest BCUT2D eigenvalue weighted by molar-refractivity contribution is 5.76. The Hall–Kier alpha value is -1.30. The number of carbonyl (C=O) groups excluding carboxylic acids is 1. The molecule has 2 aliphatic heterocycles. The van der Waals surface area contributed by atoms with E-state index in [9.17, 15) is 9.59 Å². The zero-order chi connectivity index (χ0) is 16.8. The molecule has 2 atom stereocenters. The van der Waals surface area contributed by atoms with Crippen LogP contribution in [0, 0.1) is 17.8 Å². The Morgan fingerprint density at radius 3 is 2.48 bits per heavy atom. The lowest BCUT2D eigenvalue weighted by Gasteiger charge is -2.34. The van der Waals surface area contributed by atoms with E-state index < -0.39 is 11.9 Å². The third-order valence-corrected chi connectivity index (χ3v) is 5.10. The second-order valence-electron chi connectivity index (χ2n) is 7.39. The van der Waals surface area contributed by atoms with E-state index in [1.165, 1.54) is 25.9 Å². The summed E-state index contributed by atoms with van der Waals surface area (Å²) in [7, 11) is 0. The first-order valence-corrected chi connectivity index (χ1v) is 8.93. The van der Waals surface area contributed by atoms with Crippen molar-refractivity contribution in [2.75, 3.05) is 39.3 Å². The molecule has 2 saturated heterocycles. The number of nitrogens with zero attached hydrogens (tertiary/aromatic N) is 2. The van der Waals surface area contributed by atoms with Gasteiger partial charge in [-0.15, -0.1) is 0 Å². The molecule has 0 aromatic heterocycles. The quantitative estimate of drug-likeness (QED) is 0.757. The van der Waals surface area contributed by atoms with Crippen molar-refractivity contribution in [3.05, 3.63) is 0 Å². The number of rotatable bonds is 5. The predicted octanol–water partition coefficient (Wildman–Crippen LogP) is 1.86. The van der Waals surface area contributed by atoms with E-state index in [1.54, 1.807) is 4.90 Å². The van der Waals surface area contributed by atoms with Gasteiger partial charge in [-0.25, -0.2) is 4.79 Å². The molecule has 2 unspecified atom stereocenters. The molecule has 6 nitrogen and oxygen atoms in total. The number of carbonyl (C=O) groups is 2. The molecule has 0 bridgehead atoms. The highest BCUT2D eigenvalue weighted by atomic mass is 16.4. The third kappa shape index (κ3) is 5.68. The van der Waals surface area contributed by atoms with Crippen LogP contribution in [0.4, 0.5) is 4.79 Å². The molecular weight excluding hydrogens is 294 g/mol. The van der Waals surface area contributed by atoms with Crippen molar-refractivity contribution in [1.29, 1.82) is 0 Å². The number of urea groups is 1. The maximum atomic E-state index is 12.2. The molecule has 0 aliphatic carbocycles. The Morgan fingerprint density at radius 2 is 1.83 bits per heavy atom. The minimum Gasteiger partial charge on any atom is -0.481 e. The molecule has 132 valence electrons. The summed E-state index contributed by atoms with van der Waals surface area (Å²) in [6.45, 7) is 9.32. The average Bonchev–Trinajstić information content (AvgIpc) is 2.52. The highest BCUT2D eigenvalue weighted by Gasteiger charge is 2.31. The van der Waals surface area contributed by atoms with Crippen LogP contribution in [0.15, 0.2) is 0 Å². The summed E-state index contributed by atoms with van der Waals surface area (Å²) in [5.41, 5.74) is 0. The summed E-state index contributed by atoms with van der Waals surface area (Å²) < 4.78 is 0. The SMILES string of the molecule is CC1CCN(CCCNC(=O)N2CC(C)CC(C(=O)O)C2)CC1. The van der Waals surface area contributed by atoms with Crippen molar-refractivity contribution in [2.24, 2.45) is 17.8 Å². The molecular formula is C17H31N3O3. The molecule has 2 rings (SSSR count). The van der Waals surface area contributed by atoms with Gasteiger partial charge in [-0.3, -0.25) is 4.79 Å². The molecule has 2 amide bonds. The lowest BCUT2D eigenvalue weighted by Crippen LogP contribution is -2.49. The van der Waals surface area contributed by atoms with Crippen LogP contribution in [0.1, 0.15) is 39.5 Å². The van der Waals surface area contributed by atoms with Gasteiger partial charge < -0.3 is 20.2 Å². The van der Waals surface area contributed by atoms with Gasteiger partial charge in [0.1, 0.15) is 0 Å². The zero-order valence-corrected chi connectivity index (χ0v) is 14.5. The van der Waals surface area contributed by atoms with Gasteiger partial charge in [-0.2, -0.15) is 0 Å². The number of nitrogens with one attached hydrogen (secondary N) is 1. The smallest absolute Gasteiger partial charge is 0.317 e. The predicted molar refractivity (Wildman–Crippen MR) is 89.3 cm³/mol. The van der Waals surface area contributed by atoms with Crippen LogP contribution < -0.4 is 5.32 Å². The molecule has 6 heteroatoms. The van der Waals surface area contributed by atoms with Gasteiger partial charge in [-0.1, -0.05) is 13.8 Å². The van der Waals surface area contributed by atoms with Gasteiger partial charge in [0.15, 0.2) is 0 Å². The fourth-order valence-corrected chi connectivity index (χ4v) is 3.59. The fraction of sp³-hybridized carbons (Fsp3) is 0.882. The molecule has 2 heterocycles. The van der Waals surface area contributed by atoms with Gasteiger partial charge in [0.25, 0.3) is 0 Å². The van der Waals surface area contributed by atoms with Gasteiger partial charge in [0.2, 0.25) is 0 Å². The van der Waals surface area contributed by atoms with Crippen LogP contribution >= 0.6 is 0 Å². The van der Waals surface area contributed by atoms with Crippen LogP contribution in [0.5, 0.6) is 0 Å². The molecule has 0 aromatic rings. The summed E-state index contributed by atoms with van der Waals surface area (Å²) >= 11 is 0. The number of hydrogen-bond donors (Lipinski definition) is 2. The molecule has 0 aromatic carbocycles. The first-order chi connectivity index (χ1) is 11.0. The summed E-state index contributed by atoms with van der Waals surface area (Å²) in [6.07, 6.45) is 4.15. The van der Waals surface area contributed by atoms with Crippen molar-refractivity contribution in [3.8, 4) is 0 Å². The second-order valence-corrected chi connectivity index (χ2v) is 7.39. The molecule has 0 radical (unpaired) electrons. The summed E-state index contributed by atoms with van der Waals surface area (Å²) in [5.74, 6) is -0.145. The number of amides is 2.